The van der Waals surface area contributed by atoms with Gasteiger partial charge >= 0.3 is 0 Å². The van der Waals surface area contributed by atoms with Gasteiger partial charge in [-0.1, -0.05) is 6.07 Å². The Balaban J connectivity index is 1.72. The highest BCUT2D eigenvalue weighted by molar-refractivity contribution is 7.10. The summed E-state index contributed by atoms with van der Waals surface area (Å²) < 4.78 is 0. The van der Waals surface area contributed by atoms with Gasteiger partial charge in [0.2, 0.25) is 11.8 Å². The molecule has 1 N–H and O–H groups in total. The van der Waals surface area contributed by atoms with Crippen molar-refractivity contribution in [3.8, 4) is 0 Å². The standard InChI is InChI=1S/C17H20N2O2S2/c1-12(20)18-14(16-5-3-8-23-16)10-17(21)19-7-2-4-15(19)13-6-9-22-11-13/h3,5-6,8-9,11,14-15H,2,4,7,10H2,1H3,(H,18,20). The molecule has 0 aliphatic carbocycles. The van der Waals surface area contributed by atoms with Gasteiger partial charge in [-0.05, 0) is 46.7 Å². The Morgan fingerprint density at radius 1 is 1.39 bits per heavy atom. The molecule has 3 heterocycles. The summed E-state index contributed by atoms with van der Waals surface area (Å²) in [6, 6.07) is 5.98. The fourth-order valence-electron chi connectivity index (χ4n) is 3.13. The molecule has 0 saturated carbocycles. The second-order valence-corrected chi connectivity index (χ2v) is 7.53. The Kier molecular flexibility index (Phi) is 5.13. The van der Waals surface area contributed by atoms with Crippen molar-refractivity contribution in [1.29, 1.82) is 0 Å². The number of likely N-dealkylation sites (tertiary alicyclic amines) is 1. The van der Waals surface area contributed by atoms with E-state index >= 15 is 0 Å². The van der Waals surface area contributed by atoms with E-state index in [2.05, 4.69) is 22.1 Å². The van der Waals surface area contributed by atoms with Crippen LogP contribution in [-0.2, 0) is 9.59 Å². The lowest BCUT2D eigenvalue weighted by Crippen LogP contribution is -2.35. The summed E-state index contributed by atoms with van der Waals surface area (Å²) in [6.07, 6.45) is 2.38. The number of thiophene rings is 2. The van der Waals surface area contributed by atoms with E-state index in [1.165, 1.54) is 12.5 Å². The normalized spacial score (nSPS) is 18.8. The molecule has 2 aromatic rings. The van der Waals surface area contributed by atoms with Crippen LogP contribution in [0, 0.1) is 0 Å². The molecule has 6 heteroatoms. The fraction of sp³-hybridized carbons (Fsp3) is 0.412. The van der Waals surface area contributed by atoms with E-state index in [4.69, 9.17) is 0 Å². The van der Waals surface area contributed by atoms with E-state index in [1.807, 2.05) is 22.4 Å². The molecule has 3 rings (SSSR count). The summed E-state index contributed by atoms with van der Waals surface area (Å²) >= 11 is 3.24. The average Bonchev–Trinajstić information content (AvgIpc) is 3.25. The lowest BCUT2D eigenvalue weighted by atomic mass is 10.1. The minimum absolute atomic E-state index is 0.105. The lowest BCUT2D eigenvalue weighted by molar-refractivity contribution is -0.133. The van der Waals surface area contributed by atoms with Gasteiger partial charge in [-0.15, -0.1) is 11.3 Å². The zero-order chi connectivity index (χ0) is 16.2. The third kappa shape index (κ3) is 3.82. The highest BCUT2D eigenvalue weighted by Gasteiger charge is 2.31. The van der Waals surface area contributed by atoms with Gasteiger partial charge < -0.3 is 10.2 Å². The molecule has 1 fully saturated rings. The molecule has 2 amide bonds. The largest absolute Gasteiger partial charge is 0.348 e. The van der Waals surface area contributed by atoms with Crippen molar-refractivity contribution in [3.05, 3.63) is 44.8 Å². The second-order valence-electron chi connectivity index (χ2n) is 5.77. The van der Waals surface area contributed by atoms with Crippen molar-refractivity contribution < 1.29 is 9.59 Å². The maximum Gasteiger partial charge on any atom is 0.225 e. The lowest BCUT2D eigenvalue weighted by Gasteiger charge is -2.26. The van der Waals surface area contributed by atoms with Crippen LogP contribution < -0.4 is 5.32 Å². The van der Waals surface area contributed by atoms with Crippen LogP contribution in [0.4, 0.5) is 0 Å². The summed E-state index contributed by atoms with van der Waals surface area (Å²) in [4.78, 5) is 27.3. The van der Waals surface area contributed by atoms with E-state index in [9.17, 15) is 9.59 Å². The topological polar surface area (TPSA) is 49.4 Å². The van der Waals surface area contributed by atoms with Gasteiger partial charge in [0.25, 0.3) is 0 Å². The van der Waals surface area contributed by atoms with Crippen molar-refractivity contribution in [2.45, 2.75) is 38.3 Å². The zero-order valence-corrected chi connectivity index (χ0v) is 14.7. The van der Waals surface area contributed by atoms with Gasteiger partial charge in [-0.2, -0.15) is 11.3 Å². The third-order valence-corrected chi connectivity index (χ3v) is 5.83. The predicted octanol–water partition coefficient (Wildman–Crippen LogP) is 3.74. The number of hydrogen-bond acceptors (Lipinski definition) is 4. The van der Waals surface area contributed by atoms with Gasteiger partial charge in [0.1, 0.15) is 0 Å². The van der Waals surface area contributed by atoms with Crippen molar-refractivity contribution in [2.24, 2.45) is 0 Å². The number of rotatable bonds is 5. The molecule has 0 radical (unpaired) electrons. The minimum atomic E-state index is -0.233. The van der Waals surface area contributed by atoms with Gasteiger partial charge in [0, 0.05) is 18.3 Å². The first-order valence-electron chi connectivity index (χ1n) is 7.77. The van der Waals surface area contributed by atoms with Crippen LogP contribution >= 0.6 is 22.7 Å². The van der Waals surface area contributed by atoms with Crippen LogP contribution in [0.2, 0.25) is 0 Å². The SMILES string of the molecule is CC(=O)NC(CC(=O)N1CCCC1c1ccsc1)c1cccs1. The first-order chi connectivity index (χ1) is 11.1. The van der Waals surface area contributed by atoms with Crippen molar-refractivity contribution in [1.82, 2.24) is 10.2 Å². The Bertz CT molecular complexity index is 652. The summed E-state index contributed by atoms with van der Waals surface area (Å²) in [6.45, 7) is 2.30. The fourth-order valence-corrected chi connectivity index (χ4v) is 4.61. The van der Waals surface area contributed by atoms with Crippen LogP contribution in [0.5, 0.6) is 0 Å². The van der Waals surface area contributed by atoms with Crippen LogP contribution in [0.15, 0.2) is 34.3 Å². The van der Waals surface area contributed by atoms with Crippen molar-refractivity contribution in [3.63, 3.8) is 0 Å². The molecule has 0 bridgehead atoms. The summed E-state index contributed by atoms with van der Waals surface area (Å²) in [7, 11) is 0. The Morgan fingerprint density at radius 3 is 2.91 bits per heavy atom. The van der Waals surface area contributed by atoms with Crippen molar-refractivity contribution >= 4 is 34.5 Å². The molecular formula is C17H20N2O2S2. The van der Waals surface area contributed by atoms with Crippen LogP contribution in [0.3, 0.4) is 0 Å². The van der Waals surface area contributed by atoms with Gasteiger partial charge in [-0.3, -0.25) is 9.59 Å². The summed E-state index contributed by atoms with van der Waals surface area (Å²) in [5, 5.41) is 9.07. The first-order valence-corrected chi connectivity index (χ1v) is 9.59. The van der Waals surface area contributed by atoms with E-state index < -0.39 is 0 Å². The smallest absolute Gasteiger partial charge is 0.225 e. The maximum absolute atomic E-state index is 12.8. The van der Waals surface area contributed by atoms with E-state index in [0.717, 1.165) is 24.3 Å². The molecule has 1 aliphatic heterocycles. The maximum atomic E-state index is 12.8. The molecule has 23 heavy (non-hydrogen) atoms. The van der Waals surface area contributed by atoms with Crippen LogP contribution in [-0.4, -0.2) is 23.3 Å². The Labute approximate surface area is 144 Å². The number of carbonyl (C=O) groups excluding carboxylic acids is 2. The molecule has 2 atom stereocenters. The predicted molar refractivity (Wildman–Crippen MR) is 93.5 cm³/mol. The third-order valence-electron chi connectivity index (χ3n) is 4.14. The molecule has 122 valence electrons. The molecule has 4 nitrogen and oxygen atoms in total. The molecule has 0 aromatic carbocycles. The van der Waals surface area contributed by atoms with E-state index in [1.54, 1.807) is 22.7 Å². The molecular weight excluding hydrogens is 328 g/mol. The highest BCUT2D eigenvalue weighted by Crippen LogP contribution is 2.34. The van der Waals surface area contributed by atoms with Crippen molar-refractivity contribution in [2.75, 3.05) is 6.54 Å². The van der Waals surface area contributed by atoms with Crippen LogP contribution in [0.1, 0.15) is 48.7 Å². The average molecular weight is 348 g/mol. The number of amides is 2. The number of carbonyl (C=O) groups is 2. The van der Waals surface area contributed by atoms with Gasteiger partial charge in [0.15, 0.2) is 0 Å². The molecule has 1 saturated heterocycles. The summed E-state index contributed by atoms with van der Waals surface area (Å²) in [5.41, 5.74) is 1.23. The Hall–Kier alpha value is -1.66. The molecule has 1 aliphatic rings. The molecule has 0 spiro atoms. The zero-order valence-electron chi connectivity index (χ0n) is 13.0. The number of nitrogens with zero attached hydrogens (tertiary/aromatic N) is 1. The Morgan fingerprint density at radius 2 is 2.26 bits per heavy atom. The number of hydrogen-bond donors (Lipinski definition) is 1. The first kappa shape index (κ1) is 16.2. The quantitative estimate of drug-likeness (QED) is 0.895. The molecule has 2 aromatic heterocycles. The highest BCUT2D eigenvalue weighted by atomic mass is 32.1. The second kappa shape index (κ2) is 7.27. The van der Waals surface area contributed by atoms with Gasteiger partial charge in [0.05, 0.1) is 18.5 Å². The minimum Gasteiger partial charge on any atom is -0.348 e. The van der Waals surface area contributed by atoms with Crippen LogP contribution in [0.25, 0.3) is 0 Å². The van der Waals surface area contributed by atoms with Gasteiger partial charge in [-0.25, -0.2) is 0 Å². The van der Waals surface area contributed by atoms with E-state index in [0.29, 0.717) is 6.42 Å². The summed E-state index contributed by atoms with van der Waals surface area (Å²) in [5.74, 6) is 0.0119. The number of nitrogens with one attached hydrogen (secondary N) is 1. The van der Waals surface area contributed by atoms with E-state index in [-0.39, 0.29) is 23.9 Å². The monoisotopic (exact) mass is 348 g/mol. The molecule has 2 unspecified atom stereocenters.